The van der Waals surface area contributed by atoms with Gasteiger partial charge in [-0.1, -0.05) is 11.6 Å². The first-order valence-electron chi connectivity index (χ1n) is 4.53. The van der Waals surface area contributed by atoms with Gasteiger partial charge in [-0.05, 0) is 30.7 Å². The van der Waals surface area contributed by atoms with Gasteiger partial charge in [-0.15, -0.1) is 0 Å². The molecule has 0 aliphatic carbocycles. The van der Waals surface area contributed by atoms with E-state index in [9.17, 15) is 18.3 Å². The molecule has 16 heavy (non-hydrogen) atoms. The summed E-state index contributed by atoms with van der Waals surface area (Å²) in [5.74, 6) is 0. The van der Waals surface area contributed by atoms with Crippen LogP contribution >= 0.6 is 11.6 Å². The lowest BCUT2D eigenvalue weighted by atomic mass is 10.0. The lowest BCUT2D eigenvalue weighted by molar-refractivity contribution is -0.137. The highest BCUT2D eigenvalue weighted by Gasteiger charge is 2.31. The van der Waals surface area contributed by atoms with E-state index >= 15 is 0 Å². The predicted octanol–water partition coefficient (Wildman–Crippen LogP) is 2.74. The number of rotatable bonds is 2. The Labute approximate surface area is 95.8 Å². The third-order valence-corrected chi connectivity index (χ3v) is 2.37. The molecule has 0 amide bonds. The average molecular weight is 254 g/mol. The summed E-state index contributed by atoms with van der Waals surface area (Å²) in [4.78, 5) is 0. The summed E-state index contributed by atoms with van der Waals surface area (Å²) in [6.45, 7) is 1.40. The van der Waals surface area contributed by atoms with Crippen molar-refractivity contribution in [3.63, 3.8) is 0 Å². The van der Waals surface area contributed by atoms with E-state index in [1.165, 1.54) is 13.0 Å². The van der Waals surface area contributed by atoms with Crippen molar-refractivity contribution in [1.82, 2.24) is 0 Å². The Bertz CT molecular complexity index is 379. The molecule has 2 atom stereocenters. The Morgan fingerprint density at radius 2 is 1.88 bits per heavy atom. The van der Waals surface area contributed by atoms with Crippen molar-refractivity contribution in [2.75, 3.05) is 0 Å². The maximum absolute atomic E-state index is 12.5. The van der Waals surface area contributed by atoms with Crippen LogP contribution in [0.1, 0.15) is 24.1 Å². The number of halogens is 4. The predicted molar refractivity (Wildman–Crippen MR) is 55.1 cm³/mol. The third kappa shape index (κ3) is 3.10. The molecule has 0 aliphatic heterocycles. The largest absolute Gasteiger partial charge is 0.416 e. The molecule has 2 nitrogen and oxygen atoms in total. The fraction of sp³-hybridized carbons (Fsp3) is 0.400. The van der Waals surface area contributed by atoms with Gasteiger partial charge in [0.15, 0.2) is 0 Å². The van der Waals surface area contributed by atoms with Gasteiger partial charge in [-0.2, -0.15) is 13.2 Å². The molecule has 3 N–H and O–H groups in total. The summed E-state index contributed by atoms with van der Waals surface area (Å²) in [5.41, 5.74) is 4.84. The summed E-state index contributed by atoms with van der Waals surface area (Å²) in [5, 5.41) is 9.15. The summed E-state index contributed by atoms with van der Waals surface area (Å²) in [7, 11) is 0. The van der Waals surface area contributed by atoms with Crippen molar-refractivity contribution in [2.24, 2.45) is 5.73 Å². The summed E-state index contributed by atoms with van der Waals surface area (Å²) in [6, 6.07) is 2.14. The maximum atomic E-state index is 12.5. The second-order valence-corrected chi connectivity index (χ2v) is 3.97. The number of hydrogen-bond donors (Lipinski definition) is 2. The van der Waals surface area contributed by atoms with Crippen LogP contribution in [0.15, 0.2) is 18.2 Å². The smallest absolute Gasteiger partial charge is 0.391 e. The van der Waals surface area contributed by atoms with Gasteiger partial charge in [-0.25, -0.2) is 0 Å². The first-order valence-corrected chi connectivity index (χ1v) is 4.91. The van der Waals surface area contributed by atoms with Crippen LogP contribution in [0.2, 0.25) is 5.02 Å². The number of benzene rings is 1. The minimum absolute atomic E-state index is 0.0547. The number of alkyl halides is 3. The van der Waals surface area contributed by atoms with Gasteiger partial charge in [0, 0.05) is 5.02 Å². The highest BCUT2D eigenvalue weighted by atomic mass is 35.5. The molecule has 0 unspecified atom stereocenters. The topological polar surface area (TPSA) is 46.2 Å². The molecule has 0 aromatic heterocycles. The average Bonchev–Trinajstić information content (AvgIpc) is 2.14. The molecule has 0 bridgehead atoms. The molecule has 0 radical (unpaired) electrons. The Balaban J connectivity index is 3.18. The molecular weight excluding hydrogens is 243 g/mol. The normalized spacial score (nSPS) is 15.9. The standard InChI is InChI=1S/C10H11ClF3NO/c1-5(16)9(15)6-2-7(10(12,13)14)4-8(11)3-6/h2-5,9,16H,15H2,1H3/t5-,9+/m0/s1. The third-order valence-electron chi connectivity index (χ3n) is 2.15. The second-order valence-electron chi connectivity index (χ2n) is 3.54. The Morgan fingerprint density at radius 3 is 2.31 bits per heavy atom. The molecule has 1 rings (SSSR count). The first kappa shape index (κ1) is 13.3. The minimum atomic E-state index is -4.47. The zero-order valence-corrected chi connectivity index (χ0v) is 9.18. The fourth-order valence-corrected chi connectivity index (χ4v) is 1.49. The van der Waals surface area contributed by atoms with E-state index in [1.807, 2.05) is 0 Å². The van der Waals surface area contributed by atoms with E-state index < -0.39 is 23.9 Å². The van der Waals surface area contributed by atoms with E-state index in [0.717, 1.165) is 12.1 Å². The van der Waals surface area contributed by atoms with Gasteiger partial charge in [0.05, 0.1) is 17.7 Å². The van der Waals surface area contributed by atoms with Gasteiger partial charge in [0.2, 0.25) is 0 Å². The van der Waals surface area contributed by atoms with E-state index in [-0.39, 0.29) is 10.6 Å². The van der Waals surface area contributed by atoms with E-state index in [0.29, 0.717) is 0 Å². The van der Waals surface area contributed by atoms with Gasteiger partial charge in [-0.3, -0.25) is 0 Å². The van der Waals surface area contributed by atoms with E-state index in [4.69, 9.17) is 17.3 Å². The van der Waals surface area contributed by atoms with Crippen molar-refractivity contribution < 1.29 is 18.3 Å². The van der Waals surface area contributed by atoms with Gasteiger partial charge in [0.25, 0.3) is 0 Å². The van der Waals surface area contributed by atoms with Crippen LogP contribution in [-0.4, -0.2) is 11.2 Å². The Morgan fingerprint density at radius 1 is 1.31 bits per heavy atom. The number of aliphatic hydroxyl groups excluding tert-OH is 1. The number of nitrogens with two attached hydrogens (primary N) is 1. The van der Waals surface area contributed by atoms with Crippen molar-refractivity contribution >= 4 is 11.6 Å². The van der Waals surface area contributed by atoms with Crippen LogP contribution in [0.5, 0.6) is 0 Å². The molecule has 6 heteroatoms. The Hall–Kier alpha value is -0.780. The lowest BCUT2D eigenvalue weighted by Crippen LogP contribution is -2.23. The zero-order valence-electron chi connectivity index (χ0n) is 8.42. The van der Waals surface area contributed by atoms with Crippen molar-refractivity contribution in [1.29, 1.82) is 0 Å². The van der Waals surface area contributed by atoms with Crippen LogP contribution in [0.4, 0.5) is 13.2 Å². The molecule has 1 aromatic carbocycles. The molecule has 0 aliphatic rings. The SMILES string of the molecule is C[C@H](O)[C@@H](N)c1cc(Cl)cc(C(F)(F)F)c1. The van der Waals surface area contributed by atoms with Crippen molar-refractivity contribution in [3.8, 4) is 0 Å². The van der Waals surface area contributed by atoms with Crippen LogP contribution < -0.4 is 5.73 Å². The van der Waals surface area contributed by atoms with Gasteiger partial charge >= 0.3 is 6.18 Å². The second kappa shape index (κ2) is 4.61. The van der Waals surface area contributed by atoms with Gasteiger partial charge in [0.1, 0.15) is 0 Å². The summed E-state index contributed by atoms with van der Waals surface area (Å²) in [6.07, 6.45) is -5.42. The van der Waals surface area contributed by atoms with Crippen LogP contribution in [-0.2, 0) is 6.18 Å². The number of hydrogen-bond acceptors (Lipinski definition) is 2. The highest BCUT2D eigenvalue weighted by molar-refractivity contribution is 6.30. The molecular formula is C10H11ClF3NO. The van der Waals surface area contributed by atoms with Crippen molar-refractivity contribution in [2.45, 2.75) is 25.2 Å². The lowest BCUT2D eigenvalue weighted by Gasteiger charge is -2.17. The molecule has 0 saturated heterocycles. The molecule has 90 valence electrons. The van der Waals surface area contributed by atoms with E-state index in [2.05, 4.69) is 0 Å². The number of aliphatic hydroxyl groups is 1. The Kier molecular flexibility index (Phi) is 3.83. The fourth-order valence-electron chi connectivity index (χ4n) is 1.25. The minimum Gasteiger partial charge on any atom is -0.391 e. The van der Waals surface area contributed by atoms with Crippen LogP contribution in [0.25, 0.3) is 0 Å². The summed E-state index contributed by atoms with van der Waals surface area (Å²) < 4.78 is 37.4. The quantitative estimate of drug-likeness (QED) is 0.851. The molecule has 1 aromatic rings. The molecule has 0 fully saturated rings. The zero-order chi connectivity index (χ0) is 12.5. The molecule has 0 spiro atoms. The highest BCUT2D eigenvalue weighted by Crippen LogP contribution is 2.33. The summed E-state index contributed by atoms with van der Waals surface area (Å²) >= 11 is 5.57. The molecule has 0 saturated carbocycles. The monoisotopic (exact) mass is 253 g/mol. The van der Waals surface area contributed by atoms with Crippen LogP contribution in [0.3, 0.4) is 0 Å². The molecule has 0 heterocycles. The van der Waals surface area contributed by atoms with E-state index in [1.54, 1.807) is 0 Å². The van der Waals surface area contributed by atoms with Crippen molar-refractivity contribution in [3.05, 3.63) is 34.3 Å². The van der Waals surface area contributed by atoms with Gasteiger partial charge < -0.3 is 10.8 Å². The van der Waals surface area contributed by atoms with Crippen LogP contribution in [0, 0.1) is 0 Å². The maximum Gasteiger partial charge on any atom is 0.416 e. The first-order chi connectivity index (χ1) is 7.21.